The summed E-state index contributed by atoms with van der Waals surface area (Å²) in [5.74, 6) is 0. The van der Waals surface area contributed by atoms with Crippen molar-refractivity contribution < 1.29 is 5.11 Å². The molecule has 0 aromatic rings. The summed E-state index contributed by atoms with van der Waals surface area (Å²) in [6.45, 7) is 9.05. The van der Waals surface area contributed by atoms with Crippen LogP contribution in [0.15, 0.2) is 0 Å². The van der Waals surface area contributed by atoms with E-state index in [2.05, 4.69) is 26.1 Å². The van der Waals surface area contributed by atoms with Gasteiger partial charge in [0.2, 0.25) is 0 Å². The van der Waals surface area contributed by atoms with E-state index >= 15 is 0 Å². The van der Waals surface area contributed by atoms with Gasteiger partial charge in [-0.25, -0.2) is 0 Å². The smallest absolute Gasteiger partial charge is 0.0529 e. The van der Waals surface area contributed by atoms with Crippen LogP contribution in [-0.4, -0.2) is 23.3 Å². The van der Waals surface area contributed by atoms with E-state index in [9.17, 15) is 0 Å². The molecule has 2 heteroatoms. The summed E-state index contributed by atoms with van der Waals surface area (Å²) in [7, 11) is 0. The van der Waals surface area contributed by atoms with Crippen molar-refractivity contribution in [3.8, 4) is 0 Å². The molecule has 0 amide bonds. The Morgan fingerprint density at radius 1 is 1.50 bits per heavy atom. The van der Waals surface area contributed by atoms with Crippen LogP contribution in [0.2, 0.25) is 0 Å². The summed E-state index contributed by atoms with van der Waals surface area (Å²) in [6, 6.07) is 0. The largest absolute Gasteiger partial charge is 0.393 e. The molecule has 0 aliphatic heterocycles. The Balaban J connectivity index is 3.63. The van der Waals surface area contributed by atoms with Crippen LogP contribution < -0.4 is 5.32 Å². The third-order valence-electron chi connectivity index (χ3n) is 1.46. The fourth-order valence-electron chi connectivity index (χ4n) is 1.29. The highest BCUT2D eigenvalue weighted by Gasteiger charge is 2.17. The van der Waals surface area contributed by atoms with Crippen molar-refractivity contribution >= 4 is 0 Å². The minimum Gasteiger partial charge on any atom is -0.393 e. The first-order chi connectivity index (χ1) is 4.48. The van der Waals surface area contributed by atoms with Crippen molar-refractivity contribution in [2.45, 2.75) is 45.8 Å². The average molecular weight is 145 g/mol. The zero-order chi connectivity index (χ0) is 8.20. The van der Waals surface area contributed by atoms with E-state index in [1.54, 1.807) is 0 Å². The fraction of sp³-hybridized carbons (Fsp3) is 1.00. The van der Waals surface area contributed by atoms with Gasteiger partial charge >= 0.3 is 0 Å². The molecule has 0 aromatic carbocycles. The van der Waals surface area contributed by atoms with Crippen LogP contribution in [0.5, 0.6) is 0 Å². The Morgan fingerprint density at radius 2 is 2.00 bits per heavy atom. The van der Waals surface area contributed by atoms with Gasteiger partial charge in [-0.1, -0.05) is 6.92 Å². The lowest BCUT2D eigenvalue weighted by Gasteiger charge is -2.26. The van der Waals surface area contributed by atoms with Crippen LogP contribution >= 0.6 is 0 Å². The first kappa shape index (κ1) is 9.92. The normalized spacial score (nSPS) is 15.3. The van der Waals surface area contributed by atoms with E-state index in [-0.39, 0.29) is 11.6 Å². The molecule has 0 aliphatic carbocycles. The lowest BCUT2D eigenvalue weighted by atomic mass is 9.97. The van der Waals surface area contributed by atoms with Crippen molar-refractivity contribution in [1.29, 1.82) is 0 Å². The van der Waals surface area contributed by atoms with Gasteiger partial charge in [-0.2, -0.15) is 0 Å². The van der Waals surface area contributed by atoms with E-state index in [0.717, 1.165) is 13.0 Å². The van der Waals surface area contributed by atoms with Gasteiger partial charge in [-0.05, 0) is 33.7 Å². The SMILES string of the molecule is CCNC(C)(C)CC(C)O. The van der Waals surface area contributed by atoms with E-state index in [0.29, 0.717) is 0 Å². The molecule has 0 radical (unpaired) electrons. The molecule has 0 rings (SSSR count). The molecule has 0 saturated carbocycles. The second-order valence-electron chi connectivity index (χ2n) is 3.47. The van der Waals surface area contributed by atoms with Gasteiger partial charge in [0.15, 0.2) is 0 Å². The molecule has 2 nitrogen and oxygen atoms in total. The molecule has 0 aliphatic rings. The predicted molar refractivity (Wildman–Crippen MR) is 44.1 cm³/mol. The van der Waals surface area contributed by atoms with Crippen LogP contribution in [0.3, 0.4) is 0 Å². The van der Waals surface area contributed by atoms with E-state index in [1.165, 1.54) is 0 Å². The Labute approximate surface area is 63.6 Å². The predicted octanol–water partition coefficient (Wildman–Crippen LogP) is 1.15. The first-order valence-corrected chi connectivity index (χ1v) is 3.91. The summed E-state index contributed by atoms with van der Waals surface area (Å²) < 4.78 is 0. The lowest BCUT2D eigenvalue weighted by Crippen LogP contribution is -2.41. The number of hydrogen-bond donors (Lipinski definition) is 2. The summed E-state index contributed by atoms with van der Waals surface area (Å²) in [4.78, 5) is 0. The summed E-state index contributed by atoms with van der Waals surface area (Å²) in [5.41, 5.74) is 0.0723. The van der Waals surface area contributed by atoms with Crippen LogP contribution in [0.1, 0.15) is 34.1 Å². The highest BCUT2D eigenvalue weighted by atomic mass is 16.3. The molecule has 0 spiro atoms. The molecule has 1 unspecified atom stereocenters. The number of nitrogens with one attached hydrogen (secondary N) is 1. The van der Waals surface area contributed by atoms with Crippen LogP contribution in [0, 0.1) is 0 Å². The van der Waals surface area contributed by atoms with Gasteiger partial charge in [-0.3, -0.25) is 0 Å². The zero-order valence-electron chi connectivity index (χ0n) is 7.44. The minimum absolute atomic E-state index is 0.0723. The molecule has 0 heterocycles. The molecule has 2 N–H and O–H groups in total. The molecule has 10 heavy (non-hydrogen) atoms. The molecule has 0 aromatic heterocycles. The highest BCUT2D eigenvalue weighted by molar-refractivity contribution is 4.78. The molecular weight excluding hydrogens is 126 g/mol. The maximum Gasteiger partial charge on any atom is 0.0529 e. The molecular formula is C8H19NO. The quantitative estimate of drug-likeness (QED) is 0.622. The van der Waals surface area contributed by atoms with Crippen molar-refractivity contribution in [2.75, 3.05) is 6.54 Å². The second kappa shape index (κ2) is 3.94. The van der Waals surface area contributed by atoms with Gasteiger partial charge in [0.05, 0.1) is 6.10 Å². The van der Waals surface area contributed by atoms with E-state index < -0.39 is 0 Å². The number of hydrogen-bond acceptors (Lipinski definition) is 2. The second-order valence-corrected chi connectivity index (χ2v) is 3.47. The zero-order valence-corrected chi connectivity index (χ0v) is 7.44. The molecule has 1 atom stereocenters. The Bertz CT molecular complexity index is 89.3. The lowest BCUT2D eigenvalue weighted by molar-refractivity contribution is 0.146. The van der Waals surface area contributed by atoms with Crippen molar-refractivity contribution in [1.82, 2.24) is 5.32 Å². The maximum absolute atomic E-state index is 9.07. The number of aliphatic hydroxyl groups is 1. The standard InChI is InChI=1S/C8H19NO/c1-5-9-8(3,4)6-7(2)10/h7,9-10H,5-6H2,1-4H3. The molecule has 0 saturated heterocycles. The summed E-state index contributed by atoms with van der Waals surface area (Å²) in [6.07, 6.45) is 0.593. The molecule has 0 fully saturated rings. The Morgan fingerprint density at radius 3 is 2.30 bits per heavy atom. The van der Waals surface area contributed by atoms with Gasteiger partial charge < -0.3 is 10.4 Å². The van der Waals surface area contributed by atoms with Crippen LogP contribution in [0.25, 0.3) is 0 Å². The van der Waals surface area contributed by atoms with Crippen LogP contribution in [0.4, 0.5) is 0 Å². The van der Waals surface area contributed by atoms with Gasteiger partial charge in [0.1, 0.15) is 0 Å². The summed E-state index contributed by atoms with van der Waals surface area (Å²) >= 11 is 0. The third-order valence-corrected chi connectivity index (χ3v) is 1.46. The van der Waals surface area contributed by atoms with Gasteiger partial charge in [0, 0.05) is 5.54 Å². The van der Waals surface area contributed by atoms with E-state index in [1.807, 2.05) is 6.92 Å². The first-order valence-electron chi connectivity index (χ1n) is 3.91. The Hall–Kier alpha value is -0.0800. The van der Waals surface area contributed by atoms with E-state index in [4.69, 9.17) is 5.11 Å². The topological polar surface area (TPSA) is 32.3 Å². The van der Waals surface area contributed by atoms with Gasteiger partial charge in [-0.15, -0.1) is 0 Å². The highest BCUT2D eigenvalue weighted by Crippen LogP contribution is 2.10. The monoisotopic (exact) mass is 145 g/mol. The van der Waals surface area contributed by atoms with Crippen LogP contribution in [-0.2, 0) is 0 Å². The third kappa shape index (κ3) is 4.77. The van der Waals surface area contributed by atoms with Crippen molar-refractivity contribution in [2.24, 2.45) is 0 Å². The molecule has 0 bridgehead atoms. The minimum atomic E-state index is -0.214. The maximum atomic E-state index is 9.07. The molecule has 62 valence electrons. The summed E-state index contributed by atoms with van der Waals surface area (Å²) in [5, 5.41) is 12.4. The fourth-order valence-corrected chi connectivity index (χ4v) is 1.29. The Kier molecular flexibility index (Phi) is 3.91. The van der Waals surface area contributed by atoms with Gasteiger partial charge in [0.25, 0.3) is 0 Å². The average Bonchev–Trinajstić information content (AvgIpc) is 1.59. The van der Waals surface area contributed by atoms with Crippen molar-refractivity contribution in [3.05, 3.63) is 0 Å². The van der Waals surface area contributed by atoms with Crippen molar-refractivity contribution in [3.63, 3.8) is 0 Å². The number of aliphatic hydroxyl groups excluding tert-OH is 1. The number of rotatable bonds is 4.